The summed E-state index contributed by atoms with van der Waals surface area (Å²) >= 11 is 0. The van der Waals surface area contributed by atoms with Gasteiger partial charge in [-0.25, -0.2) is 0 Å². The molecule has 1 rings (SSSR count). The van der Waals surface area contributed by atoms with Gasteiger partial charge in [-0.05, 0) is 50.3 Å². The second-order valence-corrected chi connectivity index (χ2v) is 8.10. The van der Waals surface area contributed by atoms with E-state index >= 15 is 0 Å². The zero-order valence-electron chi connectivity index (χ0n) is 19.5. The van der Waals surface area contributed by atoms with Gasteiger partial charge in [-0.15, -0.1) is 0 Å². The lowest BCUT2D eigenvalue weighted by Crippen LogP contribution is -2.30. The van der Waals surface area contributed by atoms with E-state index in [1.807, 2.05) is 0 Å². The van der Waals surface area contributed by atoms with Crippen LogP contribution < -0.4 is 10.1 Å². The Morgan fingerprint density at radius 2 is 1.48 bits per heavy atom. The molecule has 0 saturated carbocycles. The third-order valence-corrected chi connectivity index (χ3v) is 5.36. The molecule has 0 bridgehead atoms. The Morgan fingerprint density at radius 1 is 0.903 bits per heavy atom. The summed E-state index contributed by atoms with van der Waals surface area (Å²) in [6, 6.07) is 4.25. The second-order valence-electron chi connectivity index (χ2n) is 8.10. The number of nitrogens with one attached hydrogen (secondary N) is 1. The third kappa shape index (κ3) is 12.9. The summed E-state index contributed by atoms with van der Waals surface area (Å²) in [4.78, 5) is 24.1. The quantitative estimate of drug-likeness (QED) is 0.213. The van der Waals surface area contributed by atoms with Gasteiger partial charge < -0.3 is 9.84 Å². The fraction of sp³-hybridized carbons (Fsp3) is 0.615. The number of unbranched alkanes of at least 4 members (excludes halogenated alkanes) is 11. The number of carbonyl (C=O) groups excluding carboxylic acids is 2. The molecule has 31 heavy (non-hydrogen) atoms. The van der Waals surface area contributed by atoms with Crippen LogP contribution in [0.25, 0.3) is 0 Å². The highest BCUT2D eigenvalue weighted by atomic mass is 16.5. The minimum Gasteiger partial charge on any atom is -0.504 e. The standard InChI is InChI=1S/C26H41NO4/c1-3-4-5-6-7-8-9-10-11-12-13-14-15-16-17-18-25(29)27-26(30)22-19-20-23(28)24(21-22)31-2/h10-11,19-21,28H,3-9,12-18H2,1-2H3,(H,27,29,30). The molecule has 0 heterocycles. The molecule has 0 atom stereocenters. The molecule has 0 radical (unpaired) electrons. The summed E-state index contributed by atoms with van der Waals surface area (Å²) < 4.78 is 4.98. The number of phenolic OH excluding ortho intramolecular Hbond substituents is 1. The van der Waals surface area contributed by atoms with Gasteiger partial charge in [0, 0.05) is 12.0 Å². The average molecular weight is 432 g/mol. The van der Waals surface area contributed by atoms with Crippen LogP contribution in [0.1, 0.15) is 107 Å². The van der Waals surface area contributed by atoms with Crippen molar-refractivity contribution in [3.8, 4) is 11.5 Å². The van der Waals surface area contributed by atoms with Crippen LogP contribution >= 0.6 is 0 Å². The molecule has 0 aliphatic heterocycles. The van der Waals surface area contributed by atoms with Crippen molar-refractivity contribution in [1.29, 1.82) is 0 Å². The predicted octanol–water partition coefficient (Wildman–Crippen LogP) is 6.69. The van der Waals surface area contributed by atoms with E-state index in [1.54, 1.807) is 0 Å². The van der Waals surface area contributed by atoms with Crippen molar-refractivity contribution in [2.75, 3.05) is 7.11 Å². The number of aromatic hydroxyl groups is 1. The number of phenols is 1. The van der Waals surface area contributed by atoms with Gasteiger partial charge in [0.1, 0.15) is 0 Å². The van der Waals surface area contributed by atoms with E-state index in [0.717, 1.165) is 25.7 Å². The number of amides is 2. The van der Waals surface area contributed by atoms with Crippen LogP contribution in [0.2, 0.25) is 0 Å². The zero-order valence-corrected chi connectivity index (χ0v) is 19.5. The Morgan fingerprint density at radius 3 is 2.10 bits per heavy atom. The lowest BCUT2D eigenvalue weighted by molar-refractivity contribution is -0.120. The zero-order chi connectivity index (χ0) is 22.7. The fourth-order valence-corrected chi connectivity index (χ4v) is 3.44. The van der Waals surface area contributed by atoms with Crippen LogP contribution in [0.5, 0.6) is 11.5 Å². The number of hydrogen-bond acceptors (Lipinski definition) is 4. The maximum Gasteiger partial charge on any atom is 0.257 e. The first-order chi connectivity index (χ1) is 15.1. The lowest BCUT2D eigenvalue weighted by atomic mass is 10.1. The number of benzene rings is 1. The van der Waals surface area contributed by atoms with Gasteiger partial charge in [-0.2, -0.15) is 0 Å². The Kier molecular flexibility index (Phi) is 15.0. The molecule has 0 aromatic heterocycles. The van der Waals surface area contributed by atoms with Crippen molar-refractivity contribution in [1.82, 2.24) is 5.32 Å². The summed E-state index contributed by atoms with van der Waals surface area (Å²) in [6.45, 7) is 2.25. The second kappa shape index (κ2) is 17.4. The summed E-state index contributed by atoms with van der Waals surface area (Å²) in [5.41, 5.74) is 0.285. The van der Waals surface area contributed by atoms with E-state index in [4.69, 9.17) is 4.74 Å². The summed E-state index contributed by atoms with van der Waals surface area (Å²) in [5.74, 6) is -0.582. The maximum absolute atomic E-state index is 12.1. The number of rotatable bonds is 17. The normalized spacial score (nSPS) is 11.0. The van der Waals surface area contributed by atoms with E-state index in [1.165, 1.54) is 83.1 Å². The van der Waals surface area contributed by atoms with Crippen LogP contribution in [-0.2, 0) is 4.79 Å². The molecule has 174 valence electrons. The van der Waals surface area contributed by atoms with E-state index in [2.05, 4.69) is 24.4 Å². The molecule has 0 spiro atoms. The SMILES string of the molecule is CCCCCCCCC=CCCCCCCCC(=O)NC(=O)c1ccc(O)c(OC)c1. The van der Waals surface area contributed by atoms with Crippen molar-refractivity contribution < 1.29 is 19.4 Å². The Hall–Kier alpha value is -2.30. The van der Waals surface area contributed by atoms with E-state index < -0.39 is 5.91 Å². The summed E-state index contributed by atoms with van der Waals surface area (Å²) in [7, 11) is 1.41. The largest absolute Gasteiger partial charge is 0.504 e. The minimum absolute atomic E-state index is 0.0429. The maximum atomic E-state index is 12.1. The Balaban J connectivity index is 2.01. The number of methoxy groups -OCH3 is 1. The average Bonchev–Trinajstić information content (AvgIpc) is 2.76. The molecule has 0 aliphatic carbocycles. The van der Waals surface area contributed by atoms with E-state index in [0.29, 0.717) is 6.42 Å². The van der Waals surface area contributed by atoms with Crippen LogP contribution in [-0.4, -0.2) is 24.0 Å². The monoisotopic (exact) mass is 431 g/mol. The molecule has 5 heteroatoms. The van der Waals surface area contributed by atoms with Crippen LogP contribution in [0.15, 0.2) is 30.4 Å². The fourth-order valence-electron chi connectivity index (χ4n) is 3.44. The number of allylic oxidation sites excluding steroid dienone is 2. The van der Waals surface area contributed by atoms with Crippen LogP contribution in [0.4, 0.5) is 0 Å². The van der Waals surface area contributed by atoms with Crippen molar-refractivity contribution >= 4 is 11.8 Å². The van der Waals surface area contributed by atoms with Gasteiger partial charge in [-0.1, -0.05) is 70.4 Å². The van der Waals surface area contributed by atoms with Gasteiger partial charge in [0.15, 0.2) is 11.5 Å². The van der Waals surface area contributed by atoms with Crippen LogP contribution in [0, 0.1) is 0 Å². The molecule has 0 saturated heterocycles. The van der Waals surface area contributed by atoms with Crippen molar-refractivity contribution in [2.45, 2.75) is 96.8 Å². The van der Waals surface area contributed by atoms with Gasteiger partial charge in [-0.3, -0.25) is 14.9 Å². The topological polar surface area (TPSA) is 75.6 Å². The number of ether oxygens (including phenoxy) is 1. The molecule has 2 N–H and O–H groups in total. The first kappa shape index (κ1) is 26.7. The number of imide groups is 1. The lowest BCUT2D eigenvalue weighted by Gasteiger charge is -2.07. The van der Waals surface area contributed by atoms with Crippen LogP contribution in [0.3, 0.4) is 0 Å². The summed E-state index contributed by atoms with van der Waals surface area (Å²) in [5, 5.41) is 12.0. The Labute approximate surface area is 188 Å². The summed E-state index contributed by atoms with van der Waals surface area (Å²) in [6.07, 6.45) is 20.7. The molecule has 2 amide bonds. The first-order valence-electron chi connectivity index (χ1n) is 11.9. The molecule has 5 nitrogen and oxygen atoms in total. The molecule has 0 fully saturated rings. The smallest absolute Gasteiger partial charge is 0.257 e. The highest BCUT2D eigenvalue weighted by molar-refractivity contribution is 6.04. The highest BCUT2D eigenvalue weighted by Gasteiger charge is 2.12. The molecular formula is C26H41NO4. The van der Waals surface area contributed by atoms with Crippen molar-refractivity contribution in [3.05, 3.63) is 35.9 Å². The third-order valence-electron chi connectivity index (χ3n) is 5.36. The van der Waals surface area contributed by atoms with E-state index in [9.17, 15) is 14.7 Å². The number of hydrogen-bond donors (Lipinski definition) is 2. The first-order valence-corrected chi connectivity index (χ1v) is 11.9. The van der Waals surface area contributed by atoms with E-state index in [-0.39, 0.29) is 23.0 Å². The molecule has 1 aromatic carbocycles. The van der Waals surface area contributed by atoms with Gasteiger partial charge in [0.05, 0.1) is 7.11 Å². The molecule has 0 unspecified atom stereocenters. The van der Waals surface area contributed by atoms with Gasteiger partial charge in [0.25, 0.3) is 5.91 Å². The minimum atomic E-state index is -0.476. The molecule has 0 aliphatic rings. The van der Waals surface area contributed by atoms with Crippen molar-refractivity contribution in [3.63, 3.8) is 0 Å². The van der Waals surface area contributed by atoms with Crippen molar-refractivity contribution in [2.24, 2.45) is 0 Å². The van der Waals surface area contributed by atoms with Gasteiger partial charge >= 0.3 is 0 Å². The predicted molar refractivity (Wildman–Crippen MR) is 127 cm³/mol. The number of carbonyl (C=O) groups is 2. The Bertz CT molecular complexity index is 669. The molecule has 1 aromatic rings. The highest BCUT2D eigenvalue weighted by Crippen LogP contribution is 2.26. The van der Waals surface area contributed by atoms with Gasteiger partial charge in [0.2, 0.25) is 5.91 Å². The molecular weight excluding hydrogens is 390 g/mol.